The summed E-state index contributed by atoms with van der Waals surface area (Å²) >= 11 is 0. The lowest BCUT2D eigenvalue weighted by Gasteiger charge is -2.31. The van der Waals surface area contributed by atoms with Crippen LogP contribution in [0.1, 0.15) is 20.8 Å². The first kappa shape index (κ1) is 17.3. The molecule has 2 aliphatic heterocycles. The van der Waals surface area contributed by atoms with Gasteiger partial charge in [-0.2, -0.15) is 0 Å². The minimum absolute atomic E-state index is 0.0324. The van der Waals surface area contributed by atoms with Crippen LogP contribution >= 0.6 is 7.82 Å². The molecule has 0 bridgehead atoms. The van der Waals surface area contributed by atoms with Gasteiger partial charge in [-0.25, -0.2) is 4.57 Å². The summed E-state index contributed by atoms with van der Waals surface area (Å²) in [4.78, 5) is 0. The molecule has 0 unspecified atom stereocenters. The third-order valence-corrected chi connectivity index (χ3v) is 4.76. The second-order valence-electron chi connectivity index (χ2n) is 5.42. The zero-order valence-electron chi connectivity index (χ0n) is 13.0. The first-order valence-electron chi connectivity index (χ1n) is 6.73. The van der Waals surface area contributed by atoms with Crippen molar-refractivity contribution in [1.82, 2.24) is 0 Å². The zero-order valence-corrected chi connectivity index (χ0v) is 13.9. The second kappa shape index (κ2) is 6.22. The van der Waals surface area contributed by atoms with Crippen molar-refractivity contribution in [3.63, 3.8) is 0 Å². The van der Waals surface area contributed by atoms with Crippen molar-refractivity contribution in [3.05, 3.63) is 0 Å². The predicted molar refractivity (Wildman–Crippen MR) is 71.7 cm³/mol. The van der Waals surface area contributed by atoms with Crippen LogP contribution in [0.2, 0.25) is 0 Å². The van der Waals surface area contributed by atoms with Gasteiger partial charge in [0.1, 0.15) is 12.2 Å². The maximum atomic E-state index is 12.0. The number of phosphoric acid groups is 1. The van der Waals surface area contributed by atoms with Gasteiger partial charge in [-0.15, -0.1) is 0 Å². The molecule has 0 aromatic heterocycles. The van der Waals surface area contributed by atoms with Gasteiger partial charge in [0.15, 0.2) is 11.6 Å². The van der Waals surface area contributed by atoms with Gasteiger partial charge >= 0.3 is 7.82 Å². The molecule has 0 aromatic carbocycles. The van der Waals surface area contributed by atoms with E-state index in [1.807, 2.05) is 0 Å². The lowest BCUT2D eigenvalue weighted by molar-refractivity contribution is -0.234. The summed E-state index contributed by atoms with van der Waals surface area (Å²) in [7, 11) is -1.07. The van der Waals surface area contributed by atoms with Gasteiger partial charge in [-0.1, -0.05) is 0 Å². The largest absolute Gasteiger partial charge is 0.474 e. The van der Waals surface area contributed by atoms with Gasteiger partial charge in [0.25, 0.3) is 0 Å². The molecule has 0 N–H and O–H groups in total. The van der Waals surface area contributed by atoms with Gasteiger partial charge in [-0.05, 0) is 20.8 Å². The summed E-state index contributed by atoms with van der Waals surface area (Å²) in [6.45, 7) is 6.29. The van der Waals surface area contributed by atoms with E-state index in [0.717, 1.165) is 0 Å². The van der Waals surface area contributed by atoms with E-state index in [9.17, 15) is 4.57 Å². The molecule has 2 aliphatic rings. The molecule has 0 radical (unpaired) electrons. The van der Waals surface area contributed by atoms with Crippen molar-refractivity contribution in [3.8, 4) is 0 Å². The molecule has 2 atom stereocenters. The summed E-state index contributed by atoms with van der Waals surface area (Å²) in [5, 5.41) is 0. The number of phosphoric ester groups is 1. The van der Waals surface area contributed by atoms with Crippen molar-refractivity contribution in [2.45, 2.75) is 44.6 Å². The minimum Gasteiger partial charge on any atom is -0.345 e. The fourth-order valence-corrected chi connectivity index (χ4v) is 3.13. The van der Waals surface area contributed by atoms with Crippen LogP contribution in [0.25, 0.3) is 0 Å². The number of hydrogen-bond acceptors (Lipinski definition) is 8. The molecular weight excluding hydrogens is 303 g/mol. The Labute approximate surface area is 124 Å². The van der Waals surface area contributed by atoms with Crippen LogP contribution < -0.4 is 0 Å². The van der Waals surface area contributed by atoms with Crippen molar-refractivity contribution in [2.24, 2.45) is 0 Å². The monoisotopic (exact) mass is 326 g/mol. The average molecular weight is 326 g/mol. The smallest absolute Gasteiger partial charge is 0.345 e. The molecule has 2 rings (SSSR count). The number of ether oxygens (including phenoxy) is 4. The van der Waals surface area contributed by atoms with E-state index in [4.69, 9.17) is 32.5 Å². The molecule has 2 heterocycles. The Balaban J connectivity index is 2.07. The lowest BCUT2D eigenvalue weighted by atomic mass is 10.1. The Morgan fingerprint density at radius 3 is 2.19 bits per heavy atom. The van der Waals surface area contributed by atoms with E-state index in [2.05, 4.69) is 0 Å². The first-order valence-corrected chi connectivity index (χ1v) is 8.19. The Morgan fingerprint density at radius 1 is 1.10 bits per heavy atom. The van der Waals surface area contributed by atoms with Crippen LogP contribution in [0.3, 0.4) is 0 Å². The topological polar surface area (TPSA) is 81.7 Å². The third kappa shape index (κ3) is 3.83. The maximum absolute atomic E-state index is 12.0. The van der Waals surface area contributed by atoms with Gasteiger partial charge in [0.2, 0.25) is 0 Å². The van der Waals surface area contributed by atoms with E-state index in [1.54, 1.807) is 20.8 Å². The summed E-state index contributed by atoms with van der Waals surface area (Å²) in [5.74, 6) is -1.74. The molecular formula is C12H23O8P. The Kier molecular flexibility index (Phi) is 5.12. The van der Waals surface area contributed by atoms with Crippen LogP contribution in [0.15, 0.2) is 0 Å². The van der Waals surface area contributed by atoms with Crippen molar-refractivity contribution >= 4 is 7.82 Å². The Morgan fingerprint density at radius 2 is 1.67 bits per heavy atom. The highest BCUT2D eigenvalue weighted by Gasteiger charge is 2.54. The second-order valence-corrected chi connectivity index (χ2v) is 7.30. The summed E-state index contributed by atoms with van der Waals surface area (Å²) in [5.41, 5.74) is 0. The van der Waals surface area contributed by atoms with Crippen molar-refractivity contribution < 1.29 is 37.1 Å². The van der Waals surface area contributed by atoms with Crippen molar-refractivity contribution in [2.75, 3.05) is 34.0 Å². The van der Waals surface area contributed by atoms with E-state index in [-0.39, 0.29) is 6.61 Å². The fraction of sp³-hybridized carbons (Fsp3) is 1.00. The van der Waals surface area contributed by atoms with E-state index in [1.165, 1.54) is 14.2 Å². The highest BCUT2D eigenvalue weighted by atomic mass is 31.2. The molecule has 9 heteroatoms. The molecule has 0 saturated carbocycles. The van der Waals surface area contributed by atoms with E-state index >= 15 is 0 Å². The molecule has 0 aromatic rings. The molecule has 0 aliphatic carbocycles. The van der Waals surface area contributed by atoms with Crippen LogP contribution in [0, 0.1) is 0 Å². The van der Waals surface area contributed by atoms with Crippen LogP contribution in [-0.4, -0.2) is 57.8 Å². The molecule has 2 saturated heterocycles. The predicted octanol–water partition coefficient (Wildman–Crippen LogP) is 1.69. The van der Waals surface area contributed by atoms with Gasteiger partial charge in [-0.3, -0.25) is 13.6 Å². The quantitative estimate of drug-likeness (QED) is 0.682. The van der Waals surface area contributed by atoms with Gasteiger partial charge in [0.05, 0.1) is 19.8 Å². The zero-order chi connectivity index (χ0) is 15.7. The van der Waals surface area contributed by atoms with Gasteiger partial charge < -0.3 is 18.9 Å². The third-order valence-electron chi connectivity index (χ3n) is 3.41. The first-order chi connectivity index (χ1) is 9.74. The number of rotatable bonds is 6. The standard InChI is InChI=1S/C12H23O8P/c1-11(2)19-9(8-18-21(13,14-4)15-5)10(20-11)12(3)16-6-7-17-12/h9-10H,6-8H2,1-5H3/t9-,10+/m1/s1. The normalized spacial score (nSPS) is 31.7. The molecule has 2 fully saturated rings. The lowest BCUT2D eigenvalue weighted by Crippen LogP contribution is -2.48. The van der Waals surface area contributed by atoms with Crippen LogP contribution in [0.5, 0.6) is 0 Å². The highest BCUT2D eigenvalue weighted by molar-refractivity contribution is 7.48. The molecule has 124 valence electrons. The van der Waals surface area contributed by atoms with Crippen molar-refractivity contribution in [1.29, 1.82) is 0 Å². The maximum Gasteiger partial charge on any atom is 0.474 e. The van der Waals surface area contributed by atoms with E-state index < -0.39 is 31.6 Å². The van der Waals surface area contributed by atoms with Crippen LogP contribution in [0.4, 0.5) is 0 Å². The number of hydrogen-bond donors (Lipinski definition) is 0. The highest BCUT2D eigenvalue weighted by Crippen LogP contribution is 2.49. The molecule has 0 amide bonds. The molecule has 0 spiro atoms. The van der Waals surface area contributed by atoms with E-state index in [0.29, 0.717) is 13.2 Å². The fourth-order valence-electron chi connectivity index (χ4n) is 2.44. The Bertz CT molecular complexity index is 398. The average Bonchev–Trinajstić information content (AvgIpc) is 3.00. The molecule has 21 heavy (non-hydrogen) atoms. The van der Waals surface area contributed by atoms with Crippen LogP contribution in [-0.2, 0) is 37.1 Å². The summed E-state index contributed by atoms with van der Waals surface area (Å²) < 4.78 is 49.5. The molecule has 8 nitrogen and oxygen atoms in total. The van der Waals surface area contributed by atoms with Gasteiger partial charge in [0, 0.05) is 14.2 Å². The summed E-state index contributed by atoms with van der Waals surface area (Å²) in [6, 6.07) is 0. The SMILES string of the molecule is COP(=O)(OC)OC[C@H]1OC(C)(C)O[C@@H]1C1(C)OCCO1. The summed E-state index contributed by atoms with van der Waals surface area (Å²) in [6.07, 6.45) is -1.04. The minimum atomic E-state index is -3.57. The Hall–Kier alpha value is -0.0500.